The number of rotatable bonds is 9. The van der Waals surface area contributed by atoms with Gasteiger partial charge in [-0.1, -0.05) is 26.3 Å². The highest BCUT2D eigenvalue weighted by molar-refractivity contribution is 5.91. The number of hydrogen-bond donors (Lipinski definition) is 3. The molecule has 1 aromatic heterocycles. The molecule has 2 aromatic rings. The van der Waals surface area contributed by atoms with Crippen molar-refractivity contribution in [2.75, 3.05) is 13.1 Å². The fourth-order valence-electron chi connectivity index (χ4n) is 2.65. The highest BCUT2D eigenvalue weighted by Crippen LogP contribution is 2.20. The summed E-state index contributed by atoms with van der Waals surface area (Å²) < 4.78 is 2.28. The molecule has 0 radical (unpaired) electrons. The van der Waals surface area contributed by atoms with Crippen LogP contribution in [-0.2, 0) is 17.8 Å². The van der Waals surface area contributed by atoms with Crippen molar-refractivity contribution in [1.82, 2.24) is 20.3 Å². The van der Waals surface area contributed by atoms with Crippen LogP contribution in [-0.4, -0.2) is 33.8 Å². The third kappa shape index (κ3) is 4.66. The Morgan fingerprint density at radius 1 is 1.38 bits per heavy atom. The molecule has 1 heterocycles. The predicted octanol–water partition coefficient (Wildman–Crippen LogP) is 2.51. The van der Waals surface area contributed by atoms with E-state index >= 15 is 0 Å². The Hall–Kier alpha value is -2.18. The quantitative estimate of drug-likeness (QED) is 0.286. The second-order valence-corrected chi connectivity index (χ2v) is 5.69. The summed E-state index contributed by atoms with van der Waals surface area (Å²) >= 11 is 0. The largest absolute Gasteiger partial charge is 0.327 e. The molecule has 0 fully saturated rings. The van der Waals surface area contributed by atoms with Gasteiger partial charge in [0, 0.05) is 25.6 Å². The number of unbranched alkanes of at least 4 members (excludes halogenated alkanes) is 1. The van der Waals surface area contributed by atoms with Crippen LogP contribution in [0.25, 0.3) is 17.1 Å². The van der Waals surface area contributed by atoms with Gasteiger partial charge < -0.3 is 9.88 Å². The molecule has 1 amide bonds. The van der Waals surface area contributed by atoms with E-state index in [1.807, 2.05) is 18.2 Å². The molecular weight excluding hydrogens is 304 g/mol. The number of fused-ring (bicyclic) bond motifs is 1. The van der Waals surface area contributed by atoms with Gasteiger partial charge in [0.1, 0.15) is 5.82 Å². The zero-order chi connectivity index (χ0) is 17.4. The van der Waals surface area contributed by atoms with E-state index in [2.05, 4.69) is 23.7 Å². The fraction of sp³-hybridized carbons (Fsp3) is 0.444. The second-order valence-electron chi connectivity index (χ2n) is 5.69. The minimum Gasteiger partial charge on any atom is -0.327 e. The number of nitrogens with one attached hydrogen (secondary N) is 2. The molecule has 130 valence electrons. The number of amides is 1. The number of hydroxylamine groups is 1. The van der Waals surface area contributed by atoms with Gasteiger partial charge >= 0.3 is 0 Å². The zero-order valence-corrected chi connectivity index (χ0v) is 14.4. The van der Waals surface area contributed by atoms with Gasteiger partial charge in [-0.2, -0.15) is 0 Å². The smallest absolute Gasteiger partial charge is 0.267 e. The first-order valence-electron chi connectivity index (χ1n) is 8.51. The van der Waals surface area contributed by atoms with Crippen LogP contribution in [0, 0.1) is 0 Å². The third-order valence-electron chi connectivity index (χ3n) is 3.90. The molecule has 6 heteroatoms. The Morgan fingerprint density at radius 2 is 2.21 bits per heavy atom. The standard InChI is InChI=1S/C18H26N4O2/c1-3-5-6-17-20-15-13-14(8-10-18(23)21-24)7-9-16(15)22(17)12-11-19-4-2/h7-10,13,19,24H,3-6,11-12H2,1-2H3,(H,21,23). The topological polar surface area (TPSA) is 79.2 Å². The third-order valence-corrected chi connectivity index (χ3v) is 3.90. The summed E-state index contributed by atoms with van der Waals surface area (Å²) in [6, 6.07) is 5.97. The summed E-state index contributed by atoms with van der Waals surface area (Å²) in [7, 11) is 0. The van der Waals surface area contributed by atoms with E-state index in [1.54, 1.807) is 11.6 Å². The van der Waals surface area contributed by atoms with Crippen LogP contribution in [0.3, 0.4) is 0 Å². The molecule has 6 nitrogen and oxygen atoms in total. The lowest BCUT2D eigenvalue weighted by Crippen LogP contribution is -2.20. The summed E-state index contributed by atoms with van der Waals surface area (Å²) in [5.41, 5.74) is 4.51. The van der Waals surface area contributed by atoms with Gasteiger partial charge in [0.15, 0.2) is 0 Å². The lowest BCUT2D eigenvalue weighted by molar-refractivity contribution is -0.124. The van der Waals surface area contributed by atoms with Crippen molar-refractivity contribution < 1.29 is 10.0 Å². The zero-order valence-electron chi connectivity index (χ0n) is 14.4. The van der Waals surface area contributed by atoms with E-state index < -0.39 is 5.91 Å². The maximum absolute atomic E-state index is 11.1. The summed E-state index contributed by atoms with van der Waals surface area (Å²) in [4.78, 5) is 15.9. The van der Waals surface area contributed by atoms with Crippen LogP contribution in [0.5, 0.6) is 0 Å². The van der Waals surface area contributed by atoms with Crippen LogP contribution in [0.15, 0.2) is 24.3 Å². The number of imidazole rings is 1. The molecule has 0 unspecified atom stereocenters. The van der Waals surface area contributed by atoms with Crippen LogP contribution in [0.2, 0.25) is 0 Å². The maximum atomic E-state index is 11.1. The minimum absolute atomic E-state index is 0.546. The predicted molar refractivity (Wildman–Crippen MR) is 95.9 cm³/mol. The minimum atomic E-state index is -0.546. The Morgan fingerprint density at radius 3 is 2.92 bits per heavy atom. The van der Waals surface area contributed by atoms with E-state index in [9.17, 15) is 4.79 Å². The molecule has 2 rings (SSSR count). The van der Waals surface area contributed by atoms with E-state index in [4.69, 9.17) is 10.2 Å². The monoisotopic (exact) mass is 330 g/mol. The fourth-order valence-corrected chi connectivity index (χ4v) is 2.65. The van der Waals surface area contributed by atoms with Gasteiger partial charge in [0.2, 0.25) is 0 Å². The molecule has 0 aliphatic heterocycles. The van der Waals surface area contributed by atoms with Crippen molar-refractivity contribution in [3.63, 3.8) is 0 Å². The van der Waals surface area contributed by atoms with Gasteiger partial charge in [-0.05, 0) is 36.7 Å². The van der Waals surface area contributed by atoms with Gasteiger partial charge in [0.05, 0.1) is 11.0 Å². The van der Waals surface area contributed by atoms with E-state index in [1.165, 1.54) is 6.08 Å². The van der Waals surface area contributed by atoms with E-state index in [-0.39, 0.29) is 0 Å². The van der Waals surface area contributed by atoms with Crippen molar-refractivity contribution in [3.05, 3.63) is 35.7 Å². The van der Waals surface area contributed by atoms with Crippen LogP contribution < -0.4 is 10.8 Å². The number of aromatic nitrogens is 2. The number of carbonyl (C=O) groups excluding carboxylic acids is 1. The van der Waals surface area contributed by atoms with Gasteiger partial charge in [-0.25, -0.2) is 10.5 Å². The van der Waals surface area contributed by atoms with Crippen molar-refractivity contribution in [1.29, 1.82) is 0 Å². The Bertz CT molecular complexity index is 706. The molecule has 0 spiro atoms. The Balaban J connectivity index is 2.30. The molecule has 24 heavy (non-hydrogen) atoms. The summed E-state index contributed by atoms with van der Waals surface area (Å²) in [6.45, 7) is 7.05. The molecular formula is C18H26N4O2. The summed E-state index contributed by atoms with van der Waals surface area (Å²) in [5.74, 6) is 0.564. The second kappa shape index (κ2) is 9.20. The number of nitrogens with zero attached hydrogens (tertiary/aromatic N) is 2. The average Bonchev–Trinajstić information content (AvgIpc) is 2.95. The van der Waals surface area contributed by atoms with E-state index in [0.717, 1.165) is 61.3 Å². The first-order valence-corrected chi connectivity index (χ1v) is 8.51. The summed E-state index contributed by atoms with van der Waals surface area (Å²) in [5, 5.41) is 11.9. The SMILES string of the molecule is CCCCc1nc2cc(C=CC(=O)NO)ccc2n1CCNCC. The number of hydrogen-bond acceptors (Lipinski definition) is 4. The lowest BCUT2D eigenvalue weighted by atomic mass is 10.2. The van der Waals surface area contributed by atoms with Crippen LogP contribution in [0.4, 0.5) is 0 Å². The molecule has 3 N–H and O–H groups in total. The molecule has 0 saturated heterocycles. The first-order chi connectivity index (χ1) is 11.7. The highest BCUT2D eigenvalue weighted by Gasteiger charge is 2.10. The first kappa shape index (κ1) is 18.2. The maximum Gasteiger partial charge on any atom is 0.267 e. The Kier molecular flexibility index (Phi) is 6.96. The number of aryl methyl sites for hydroxylation is 1. The van der Waals surface area contributed by atoms with Crippen molar-refractivity contribution in [2.45, 2.75) is 39.7 Å². The number of carbonyl (C=O) groups is 1. The van der Waals surface area contributed by atoms with Crippen molar-refractivity contribution in [3.8, 4) is 0 Å². The van der Waals surface area contributed by atoms with Crippen LogP contribution >= 0.6 is 0 Å². The number of benzene rings is 1. The molecule has 0 saturated carbocycles. The van der Waals surface area contributed by atoms with Gasteiger partial charge in [-0.15, -0.1) is 0 Å². The molecule has 0 bridgehead atoms. The van der Waals surface area contributed by atoms with Crippen molar-refractivity contribution in [2.24, 2.45) is 0 Å². The molecule has 0 atom stereocenters. The van der Waals surface area contributed by atoms with Gasteiger partial charge in [-0.3, -0.25) is 10.0 Å². The lowest BCUT2D eigenvalue weighted by Gasteiger charge is -2.09. The van der Waals surface area contributed by atoms with E-state index in [0.29, 0.717) is 0 Å². The van der Waals surface area contributed by atoms with Crippen LogP contribution in [0.1, 0.15) is 38.1 Å². The van der Waals surface area contributed by atoms with Crippen molar-refractivity contribution >= 4 is 23.0 Å². The average molecular weight is 330 g/mol. The number of likely N-dealkylation sites (N-methyl/N-ethyl adjacent to an activating group) is 1. The summed E-state index contributed by atoms with van der Waals surface area (Å²) in [6.07, 6.45) is 6.18. The molecule has 0 aliphatic rings. The van der Waals surface area contributed by atoms with Gasteiger partial charge in [0.25, 0.3) is 5.91 Å². The Labute approximate surface area is 142 Å². The highest BCUT2D eigenvalue weighted by atomic mass is 16.5. The molecule has 0 aliphatic carbocycles. The normalized spacial score (nSPS) is 11.5. The molecule has 1 aromatic carbocycles.